The topological polar surface area (TPSA) is 69.9 Å². The molecule has 0 atom stereocenters. The lowest BCUT2D eigenvalue weighted by Crippen LogP contribution is -2.11. The number of furan rings is 1. The van der Waals surface area contributed by atoms with Crippen LogP contribution in [0.3, 0.4) is 0 Å². The number of nitrogens with one attached hydrogen (secondary N) is 1. The number of carbonyl (C=O) groups excluding carboxylic acids is 1. The third kappa shape index (κ3) is 5.00. The Kier molecular flexibility index (Phi) is 6.11. The van der Waals surface area contributed by atoms with Crippen LogP contribution in [0.25, 0.3) is 0 Å². The molecule has 1 amide bonds. The van der Waals surface area contributed by atoms with Gasteiger partial charge in [0.25, 0.3) is 5.91 Å². The van der Waals surface area contributed by atoms with E-state index in [0.29, 0.717) is 22.9 Å². The van der Waals surface area contributed by atoms with Crippen LogP contribution in [-0.4, -0.2) is 19.6 Å². The van der Waals surface area contributed by atoms with Crippen LogP contribution < -0.4 is 19.5 Å². The Balaban J connectivity index is 1.61. The zero-order valence-electron chi connectivity index (χ0n) is 14.9. The standard InChI is InChI=1S/C20H17F2NO5/c1-25-16-7-2-3-8-17(16)26-12-15-9-10-18(27-15)19(24)23-13-5-4-6-14(11-13)28-20(21)22/h2-11,20H,12H2,1H3,(H,23,24). The number of ether oxygens (including phenoxy) is 3. The highest BCUT2D eigenvalue weighted by Crippen LogP contribution is 2.27. The van der Waals surface area contributed by atoms with Gasteiger partial charge in [0.2, 0.25) is 0 Å². The Morgan fingerprint density at radius 3 is 2.61 bits per heavy atom. The average Bonchev–Trinajstić information content (AvgIpc) is 3.15. The summed E-state index contributed by atoms with van der Waals surface area (Å²) in [7, 11) is 1.54. The summed E-state index contributed by atoms with van der Waals surface area (Å²) in [5, 5.41) is 2.56. The Bertz CT molecular complexity index is 942. The summed E-state index contributed by atoms with van der Waals surface area (Å²) >= 11 is 0. The maximum Gasteiger partial charge on any atom is 0.387 e. The third-order valence-corrected chi connectivity index (χ3v) is 3.64. The van der Waals surface area contributed by atoms with E-state index in [9.17, 15) is 13.6 Å². The number of carbonyl (C=O) groups is 1. The number of methoxy groups -OCH3 is 1. The smallest absolute Gasteiger partial charge is 0.387 e. The van der Waals surface area contributed by atoms with Gasteiger partial charge in [-0.3, -0.25) is 4.79 Å². The lowest BCUT2D eigenvalue weighted by molar-refractivity contribution is -0.0498. The first-order valence-electron chi connectivity index (χ1n) is 8.26. The number of hydrogen-bond acceptors (Lipinski definition) is 5. The molecule has 0 saturated heterocycles. The molecule has 8 heteroatoms. The van der Waals surface area contributed by atoms with Crippen LogP contribution in [0.15, 0.2) is 65.1 Å². The van der Waals surface area contributed by atoms with Gasteiger partial charge in [-0.05, 0) is 36.4 Å². The summed E-state index contributed by atoms with van der Waals surface area (Å²) in [6.07, 6.45) is 0. The summed E-state index contributed by atoms with van der Waals surface area (Å²) < 4.78 is 45.2. The molecule has 28 heavy (non-hydrogen) atoms. The fourth-order valence-electron chi connectivity index (χ4n) is 2.41. The molecule has 2 aromatic carbocycles. The van der Waals surface area contributed by atoms with Crippen LogP contribution in [0.2, 0.25) is 0 Å². The zero-order valence-corrected chi connectivity index (χ0v) is 14.9. The number of amides is 1. The molecule has 0 radical (unpaired) electrons. The molecule has 0 fully saturated rings. The van der Waals surface area contributed by atoms with Gasteiger partial charge < -0.3 is 23.9 Å². The molecule has 3 rings (SSSR count). The molecule has 1 N–H and O–H groups in total. The lowest BCUT2D eigenvalue weighted by atomic mass is 10.3. The number of anilines is 1. The zero-order chi connectivity index (χ0) is 19.9. The normalized spacial score (nSPS) is 10.6. The molecule has 0 unspecified atom stereocenters. The highest BCUT2D eigenvalue weighted by Gasteiger charge is 2.13. The van der Waals surface area contributed by atoms with Crippen molar-refractivity contribution in [3.63, 3.8) is 0 Å². The second-order valence-electron chi connectivity index (χ2n) is 5.57. The van der Waals surface area contributed by atoms with Crippen LogP contribution in [0.4, 0.5) is 14.5 Å². The van der Waals surface area contributed by atoms with Gasteiger partial charge in [-0.2, -0.15) is 8.78 Å². The van der Waals surface area contributed by atoms with Crippen LogP contribution in [0.5, 0.6) is 17.2 Å². The SMILES string of the molecule is COc1ccccc1OCc1ccc(C(=O)Nc2cccc(OC(F)F)c2)o1. The van der Waals surface area contributed by atoms with Crippen molar-refractivity contribution in [2.24, 2.45) is 0 Å². The third-order valence-electron chi connectivity index (χ3n) is 3.64. The predicted molar refractivity (Wildman–Crippen MR) is 97.1 cm³/mol. The van der Waals surface area contributed by atoms with Gasteiger partial charge >= 0.3 is 6.61 Å². The number of benzene rings is 2. The largest absolute Gasteiger partial charge is 0.493 e. The number of rotatable bonds is 8. The highest BCUT2D eigenvalue weighted by molar-refractivity contribution is 6.02. The van der Waals surface area contributed by atoms with E-state index in [0.717, 1.165) is 0 Å². The first-order valence-corrected chi connectivity index (χ1v) is 8.26. The van der Waals surface area contributed by atoms with Gasteiger partial charge in [0, 0.05) is 11.8 Å². The van der Waals surface area contributed by atoms with Crippen molar-refractivity contribution in [3.05, 3.63) is 72.2 Å². The second-order valence-corrected chi connectivity index (χ2v) is 5.57. The molecule has 0 aliphatic heterocycles. The van der Waals surface area contributed by atoms with E-state index in [1.165, 1.54) is 24.3 Å². The molecule has 6 nitrogen and oxygen atoms in total. The molecule has 146 valence electrons. The van der Waals surface area contributed by atoms with Crippen LogP contribution in [-0.2, 0) is 6.61 Å². The number of halogens is 2. The van der Waals surface area contributed by atoms with Gasteiger partial charge in [0.1, 0.15) is 18.1 Å². The molecule has 1 heterocycles. The Morgan fingerprint density at radius 1 is 1.07 bits per heavy atom. The molecule has 3 aromatic rings. The molecule has 0 spiro atoms. The van der Waals surface area contributed by atoms with E-state index in [-0.39, 0.29) is 18.1 Å². The van der Waals surface area contributed by atoms with E-state index in [1.54, 1.807) is 31.4 Å². The Hall–Kier alpha value is -3.55. The summed E-state index contributed by atoms with van der Waals surface area (Å²) in [5.74, 6) is 1.03. The summed E-state index contributed by atoms with van der Waals surface area (Å²) in [5.41, 5.74) is 0.298. The van der Waals surface area contributed by atoms with Crippen molar-refractivity contribution < 1.29 is 32.2 Å². The minimum Gasteiger partial charge on any atom is -0.493 e. The van der Waals surface area contributed by atoms with Crippen molar-refractivity contribution in [3.8, 4) is 17.2 Å². The molecule has 0 saturated carbocycles. The van der Waals surface area contributed by atoms with Gasteiger partial charge in [-0.25, -0.2) is 0 Å². The summed E-state index contributed by atoms with van der Waals surface area (Å²) in [6, 6.07) is 15.9. The van der Waals surface area contributed by atoms with Crippen molar-refractivity contribution in [1.29, 1.82) is 0 Å². The number of alkyl halides is 2. The maximum absolute atomic E-state index is 12.3. The van der Waals surface area contributed by atoms with Gasteiger partial charge in [-0.1, -0.05) is 18.2 Å². The maximum atomic E-state index is 12.3. The minimum atomic E-state index is -2.94. The van der Waals surface area contributed by atoms with E-state index in [2.05, 4.69) is 10.1 Å². The Morgan fingerprint density at radius 2 is 1.86 bits per heavy atom. The second kappa shape index (κ2) is 8.90. The molecular formula is C20H17F2NO5. The van der Waals surface area contributed by atoms with Gasteiger partial charge in [0.05, 0.1) is 7.11 Å². The van der Waals surface area contributed by atoms with Crippen molar-refractivity contribution >= 4 is 11.6 Å². The van der Waals surface area contributed by atoms with E-state index in [4.69, 9.17) is 13.9 Å². The molecule has 0 aliphatic rings. The van der Waals surface area contributed by atoms with Gasteiger partial charge in [-0.15, -0.1) is 0 Å². The van der Waals surface area contributed by atoms with E-state index < -0.39 is 12.5 Å². The monoisotopic (exact) mass is 389 g/mol. The van der Waals surface area contributed by atoms with E-state index in [1.807, 2.05) is 12.1 Å². The number of hydrogen-bond donors (Lipinski definition) is 1. The number of para-hydroxylation sites is 2. The van der Waals surface area contributed by atoms with Crippen LogP contribution >= 0.6 is 0 Å². The van der Waals surface area contributed by atoms with Crippen molar-refractivity contribution in [2.45, 2.75) is 13.2 Å². The molecular weight excluding hydrogens is 372 g/mol. The quantitative estimate of drug-likeness (QED) is 0.604. The minimum absolute atomic E-state index is 0.0545. The van der Waals surface area contributed by atoms with Crippen LogP contribution in [0, 0.1) is 0 Å². The Labute approximate surface area is 159 Å². The summed E-state index contributed by atoms with van der Waals surface area (Å²) in [4.78, 5) is 12.3. The van der Waals surface area contributed by atoms with Gasteiger partial charge in [0.15, 0.2) is 17.3 Å². The average molecular weight is 389 g/mol. The predicted octanol–water partition coefficient (Wildman–Crippen LogP) is 4.72. The highest BCUT2D eigenvalue weighted by atomic mass is 19.3. The first kappa shape index (κ1) is 19.2. The van der Waals surface area contributed by atoms with E-state index >= 15 is 0 Å². The lowest BCUT2D eigenvalue weighted by Gasteiger charge is -2.09. The molecule has 1 aromatic heterocycles. The first-order chi connectivity index (χ1) is 13.5. The molecule has 0 bridgehead atoms. The van der Waals surface area contributed by atoms with Crippen molar-refractivity contribution in [2.75, 3.05) is 12.4 Å². The summed E-state index contributed by atoms with van der Waals surface area (Å²) in [6.45, 7) is -2.84. The van der Waals surface area contributed by atoms with Crippen LogP contribution in [0.1, 0.15) is 16.3 Å². The molecule has 0 aliphatic carbocycles. The fourth-order valence-corrected chi connectivity index (χ4v) is 2.41. The fraction of sp³-hybridized carbons (Fsp3) is 0.150. The van der Waals surface area contributed by atoms with Crippen molar-refractivity contribution in [1.82, 2.24) is 0 Å².